The first kappa shape index (κ1) is 20.7. The fraction of sp³-hybridized carbons (Fsp3) is 0.684. The maximum atomic E-state index is 11.9. The van der Waals surface area contributed by atoms with Gasteiger partial charge < -0.3 is 15.5 Å². The monoisotopic (exact) mass is 379 g/mol. The minimum atomic E-state index is 0.0101. The van der Waals surface area contributed by atoms with Gasteiger partial charge in [-0.2, -0.15) is 0 Å². The van der Waals surface area contributed by atoms with Crippen molar-refractivity contribution in [2.75, 3.05) is 46.8 Å². The Morgan fingerprint density at radius 3 is 2.73 bits per heavy atom. The van der Waals surface area contributed by atoms with Crippen LogP contribution in [0.1, 0.15) is 43.5 Å². The molecule has 0 radical (unpaired) electrons. The second-order valence-electron chi connectivity index (χ2n) is 6.89. The van der Waals surface area contributed by atoms with Gasteiger partial charge in [-0.05, 0) is 43.8 Å². The van der Waals surface area contributed by atoms with Gasteiger partial charge in [-0.3, -0.25) is 9.69 Å². The largest absolute Gasteiger partial charge is 0.356 e. The molecule has 1 amide bonds. The Labute approximate surface area is 161 Å². The van der Waals surface area contributed by atoms with Crippen molar-refractivity contribution in [1.82, 2.24) is 20.4 Å². The Morgan fingerprint density at radius 2 is 2.12 bits per heavy atom. The Hall–Kier alpha value is -1.60. The van der Waals surface area contributed by atoms with E-state index in [4.69, 9.17) is 0 Å². The summed E-state index contributed by atoms with van der Waals surface area (Å²) in [5, 5.41) is 8.97. The maximum Gasteiger partial charge on any atom is 0.243 e. The number of rotatable bonds is 9. The normalized spacial score (nSPS) is 16.5. The summed E-state index contributed by atoms with van der Waals surface area (Å²) in [4.78, 5) is 21.9. The van der Waals surface area contributed by atoms with E-state index >= 15 is 0 Å². The first-order valence-corrected chi connectivity index (χ1v) is 10.5. The molecule has 6 nitrogen and oxygen atoms in total. The quantitative estimate of drug-likeness (QED) is 0.393. The molecule has 0 aromatic carbocycles. The zero-order valence-electron chi connectivity index (χ0n) is 16.3. The summed E-state index contributed by atoms with van der Waals surface area (Å²) < 4.78 is 0. The third-order valence-corrected chi connectivity index (χ3v) is 5.58. The number of hydrogen-bond donors (Lipinski definition) is 2. The van der Waals surface area contributed by atoms with Gasteiger partial charge in [0.2, 0.25) is 5.91 Å². The van der Waals surface area contributed by atoms with Gasteiger partial charge in [-0.1, -0.05) is 19.4 Å². The lowest BCUT2D eigenvalue weighted by Gasteiger charge is -2.27. The van der Waals surface area contributed by atoms with E-state index in [2.05, 4.69) is 45.0 Å². The molecule has 1 aliphatic rings. The van der Waals surface area contributed by atoms with E-state index < -0.39 is 0 Å². The average molecular weight is 380 g/mol. The molecule has 146 valence electrons. The van der Waals surface area contributed by atoms with Crippen molar-refractivity contribution >= 4 is 23.2 Å². The molecule has 1 aromatic rings. The summed E-state index contributed by atoms with van der Waals surface area (Å²) in [5.41, 5.74) is 0. The van der Waals surface area contributed by atoms with Crippen LogP contribution >= 0.6 is 11.3 Å². The highest BCUT2D eigenvalue weighted by Crippen LogP contribution is 2.27. The zero-order chi connectivity index (χ0) is 18.8. The van der Waals surface area contributed by atoms with Crippen molar-refractivity contribution in [1.29, 1.82) is 0 Å². The van der Waals surface area contributed by atoms with Crippen molar-refractivity contribution < 1.29 is 4.79 Å². The van der Waals surface area contributed by atoms with Gasteiger partial charge in [-0.25, -0.2) is 4.99 Å². The van der Waals surface area contributed by atoms with Crippen molar-refractivity contribution in [3.63, 3.8) is 0 Å². The highest BCUT2D eigenvalue weighted by Gasteiger charge is 2.24. The molecule has 1 aliphatic heterocycles. The number of likely N-dealkylation sites (tertiary alicyclic amines) is 1. The lowest BCUT2D eigenvalue weighted by molar-refractivity contribution is -0.127. The third-order valence-electron chi connectivity index (χ3n) is 4.61. The average Bonchev–Trinajstić information content (AvgIpc) is 3.33. The number of nitrogens with zero attached hydrogens (tertiary/aromatic N) is 3. The van der Waals surface area contributed by atoms with Crippen LogP contribution in [0.4, 0.5) is 0 Å². The molecular formula is C19H33N5OS. The molecule has 2 rings (SSSR count). The molecule has 1 atom stereocenters. The molecule has 26 heavy (non-hydrogen) atoms. The fourth-order valence-corrected chi connectivity index (χ4v) is 3.84. The number of hydrogen-bond acceptors (Lipinski definition) is 4. The van der Waals surface area contributed by atoms with Crippen LogP contribution in [0.15, 0.2) is 22.5 Å². The molecular weight excluding hydrogens is 346 g/mol. The number of guanidine groups is 1. The van der Waals surface area contributed by atoms with Crippen molar-refractivity contribution in [2.45, 2.75) is 38.6 Å². The second kappa shape index (κ2) is 11.2. The minimum Gasteiger partial charge on any atom is -0.356 e. The zero-order valence-corrected chi connectivity index (χ0v) is 17.1. The van der Waals surface area contributed by atoms with Gasteiger partial charge >= 0.3 is 0 Å². The SMILES string of the molecule is CCCCNC(=NCC(=O)N(C)C)NCC(c1cccs1)N1CCCC1. The number of amides is 1. The first-order chi connectivity index (χ1) is 12.6. The van der Waals surface area contributed by atoms with Gasteiger partial charge in [0.1, 0.15) is 6.54 Å². The van der Waals surface area contributed by atoms with E-state index in [-0.39, 0.29) is 12.5 Å². The summed E-state index contributed by atoms with van der Waals surface area (Å²) in [6.07, 6.45) is 4.76. The second-order valence-corrected chi connectivity index (χ2v) is 7.87. The van der Waals surface area contributed by atoms with Crippen LogP contribution in [0.2, 0.25) is 0 Å². The van der Waals surface area contributed by atoms with Gasteiger partial charge in [0, 0.05) is 32.1 Å². The van der Waals surface area contributed by atoms with E-state index in [1.807, 2.05) is 11.3 Å². The number of unbranched alkanes of at least 4 members (excludes halogenated alkanes) is 1. The van der Waals surface area contributed by atoms with E-state index in [0.29, 0.717) is 6.04 Å². The van der Waals surface area contributed by atoms with Crippen molar-refractivity contribution in [3.05, 3.63) is 22.4 Å². The number of nitrogens with one attached hydrogen (secondary N) is 2. The molecule has 0 saturated carbocycles. The molecule has 1 unspecified atom stereocenters. The number of carbonyl (C=O) groups is 1. The first-order valence-electron chi connectivity index (χ1n) is 9.61. The number of likely N-dealkylation sites (N-methyl/N-ethyl adjacent to an activating group) is 1. The molecule has 1 aromatic heterocycles. The third kappa shape index (κ3) is 6.61. The number of carbonyl (C=O) groups excluding carboxylic acids is 1. The molecule has 0 spiro atoms. The Morgan fingerprint density at radius 1 is 1.35 bits per heavy atom. The van der Waals surface area contributed by atoms with E-state index in [9.17, 15) is 4.79 Å². The molecule has 0 aliphatic carbocycles. The van der Waals surface area contributed by atoms with Crippen LogP contribution in [0, 0.1) is 0 Å². The van der Waals surface area contributed by atoms with Gasteiger partial charge in [-0.15, -0.1) is 11.3 Å². The summed E-state index contributed by atoms with van der Waals surface area (Å²) >= 11 is 1.81. The van der Waals surface area contributed by atoms with Crippen molar-refractivity contribution in [2.24, 2.45) is 4.99 Å². The molecule has 2 N–H and O–H groups in total. The van der Waals surface area contributed by atoms with Gasteiger partial charge in [0.15, 0.2) is 5.96 Å². The van der Waals surface area contributed by atoms with E-state index in [0.717, 1.165) is 45.0 Å². The minimum absolute atomic E-state index is 0.0101. The van der Waals surface area contributed by atoms with E-state index in [1.165, 1.54) is 17.7 Å². The van der Waals surface area contributed by atoms with E-state index in [1.54, 1.807) is 19.0 Å². The summed E-state index contributed by atoms with van der Waals surface area (Å²) in [5.74, 6) is 0.741. The standard InChI is InChI=1S/C19H33N5OS/c1-4-5-10-20-19(22-15-18(25)23(2)3)21-14-16(17-9-8-13-26-17)24-11-6-7-12-24/h8-9,13,16H,4-7,10-12,14-15H2,1-3H3,(H2,20,21,22). The lowest BCUT2D eigenvalue weighted by atomic mass is 10.2. The molecule has 0 bridgehead atoms. The van der Waals surface area contributed by atoms with Crippen molar-refractivity contribution in [3.8, 4) is 0 Å². The van der Waals surface area contributed by atoms with Gasteiger partial charge in [0.25, 0.3) is 0 Å². The lowest BCUT2D eigenvalue weighted by Crippen LogP contribution is -2.43. The van der Waals surface area contributed by atoms with Gasteiger partial charge in [0.05, 0.1) is 6.04 Å². The molecule has 2 heterocycles. The Kier molecular flexibility index (Phi) is 8.91. The van der Waals surface area contributed by atoms with Crippen LogP contribution in [-0.2, 0) is 4.79 Å². The Bertz CT molecular complexity index is 552. The maximum absolute atomic E-state index is 11.9. The van der Waals surface area contributed by atoms with Crippen LogP contribution in [0.5, 0.6) is 0 Å². The predicted molar refractivity (Wildman–Crippen MR) is 110 cm³/mol. The Balaban J connectivity index is 1.99. The highest BCUT2D eigenvalue weighted by molar-refractivity contribution is 7.10. The number of thiophene rings is 1. The highest BCUT2D eigenvalue weighted by atomic mass is 32.1. The summed E-state index contributed by atoms with van der Waals surface area (Å²) in [6, 6.07) is 4.69. The molecule has 7 heteroatoms. The van der Waals surface area contributed by atoms with Crippen LogP contribution < -0.4 is 10.6 Å². The smallest absolute Gasteiger partial charge is 0.243 e. The molecule has 1 fully saturated rings. The van der Waals surface area contributed by atoms with Crippen LogP contribution in [0.25, 0.3) is 0 Å². The topological polar surface area (TPSA) is 60.0 Å². The molecule has 1 saturated heterocycles. The number of aliphatic imine (C=N–C) groups is 1. The van der Waals surface area contributed by atoms with Crippen LogP contribution in [-0.4, -0.2) is 68.5 Å². The summed E-state index contributed by atoms with van der Waals surface area (Å²) in [7, 11) is 3.52. The predicted octanol–water partition coefficient (Wildman–Crippen LogP) is 2.31. The van der Waals surface area contributed by atoms with Crippen LogP contribution in [0.3, 0.4) is 0 Å². The summed E-state index contributed by atoms with van der Waals surface area (Å²) in [6.45, 7) is 6.31. The fourth-order valence-electron chi connectivity index (χ4n) is 2.98.